The van der Waals surface area contributed by atoms with E-state index < -0.39 is 0 Å². The fraction of sp³-hybridized carbons (Fsp3) is 0.556. The topological polar surface area (TPSA) is 15.3 Å². The Balaban J connectivity index is 1.45. The number of fused-ring (bicyclic) bond motifs is 3. The van der Waals surface area contributed by atoms with E-state index in [0.29, 0.717) is 18.0 Å². The number of nitrogens with one attached hydrogen (secondary N) is 1. The standard InChI is InChI=1S/C27H36N2/c1-4-10-21(11-5-1)20-28-26-24-16-18-29(19-17-24)27(26)25(22-12-6-2-7-13-22)23-14-8-3-9-15-23/h2-3,6-9,12-15,21,24-28H,1,4-5,10-11,16-20H2/t26-,27+/m1/s1. The number of benzene rings is 2. The monoisotopic (exact) mass is 388 g/mol. The zero-order chi connectivity index (χ0) is 19.5. The number of hydrogen-bond donors (Lipinski definition) is 1. The minimum Gasteiger partial charge on any atom is -0.312 e. The quantitative estimate of drug-likeness (QED) is 0.708. The van der Waals surface area contributed by atoms with Crippen LogP contribution in [0.25, 0.3) is 0 Å². The smallest absolute Gasteiger partial charge is 0.0361 e. The third-order valence-corrected chi connectivity index (χ3v) is 7.90. The Morgan fingerprint density at radius 1 is 0.759 bits per heavy atom. The zero-order valence-corrected chi connectivity index (χ0v) is 17.7. The summed E-state index contributed by atoms with van der Waals surface area (Å²) in [5.74, 6) is 2.18. The van der Waals surface area contributed by atoms with Crippen LogP contribution in [0.1, 0.15) is 62.0 Å². The Labute approximate surface area is 176 Å². The average Bonchev–Trinajstić information content (AvgIpc) is 2.81. The molecule has 2 bridgehead atoms. The number of piperidine rings is 3. The van der Waals surface area contributed by atoms with Gasteiger partial charge in [0.25, 0.3) is 0 Å². The number of hydrogen-bond acceptors (Lipinski definition) is 2. The summed E-state index contributed by atoms with van der Waals surface area (Å²) in [6.07, 6.45) is 9.92. The van der Waals surface area contributed by atoms with E-state index in [1.807, 2.05) is 0 Å². The lowest BCUT2D eigenvalue weighted by molar-refractivity contribution is 0.00348. The Hall–Kier alpha value is -1.64. The van der Waals surface area contributed by atoms with Gasteiger partial charge < -0.3 is 5.32 Å². The molecule has 3 aliphatic heterocycles. The lowest BCUT2D eigenvalue weighted by Crippen LogP contribution is -2.65. The van der Waals surface area contributed by atoms with Crippen molar-refractivity contribution in [3.63, 3.8) is 0 Å². The summed E-state index contributed by atoms with van der Waals surface area (Å²) in [6, 6.07) is 23.7. The maximum Gasteiger partial charge on any atom is 0.0361 e. The summed E-state index contributed by atoms with van der Waals surface area (Å²) < 4.78 is 0. The summed E-state index contributed by atoms with van der Waals surface area (Å²) in [6.45, 7) is 3.77. The second-order valence-corrected chi connectivity index (χ2v) is 9.60. The molecule has 1 saturated carbocycles. The van der Waals surface area contributed by atoms with E-state index in [9.17, 15) is 0 Å². The largest absolute Gasteiger partial charge is 0.312 e. The maximum atomic E-state index is 4.15. The summed E-state index contributed by atoms with van der Waals surface area (Å²) in [7, 11) is 0. The molecule has 4 fully saturated rings. The molecular weight excluding hydrogens is 352 g/mol. The van der Waals surface area contributed by atoms with Crippen LogP contribution in [-0.2, 0) is 0 Å². The van der Waals surface area contributed by atoms with Gasteiger partial charge in [0.2, 0.25) is 0 Å². The Bertz CT molecular complexity index is 705. The normalized spacial score (nSPS) is 30.0. The van der Waals surface area contributed by atoms with Crippen molar-refractivity contribution in [2.75, 3.05) is 19.6 Å². The first kappa shape index (κ1) is 19.3. The summed E-state index contributed by atoms with van der Waals surface area (Å²) in [5.41, 5.74) is 2.95. The van der Waals surface area contributed by atoms with Crippen molar-refractivity contribution in [1.29, 1.82) is 0 Å². The first-order valence-corrected chi connectivity index (χ1v) is 12.0. The molecule has 1 aliphatic carbocycles. The Morgan fingerprint density at radius 3 is 1.93 bits per heavy atom. The molecular formula is C27H36N2. The van der Waals surface area contributed by atoms with Gasteiger partial charge in [0.15, 0.2) is 0 Å². The van der Waals surface area contributed by atoms with Crippen LogP contribution in [0.3, 0.4) is 0 Å². The van der Waals surface area contributed by atoms with Crippen molar-refractivity contribution in [3.05, 3.63) is 71.8 Å². The summed E-state index contributed by atoms with van der Waals surface area (Å²) in [5, 5.41) is 4.15. The minimum atomic E-state index is 0.448. The molecule has 0 aromatic heterocycles. The molecule has 0 spiro atoms. The zero-order valence-electron chi connectivity index (χ0n) is 17.7. The van der Waals surface area contributed by atoms with Crippen LogP contribution in [0, 0.1) is 11.8 Å². The second-order valence-electron chi connectivity index (χ2n) is 9.60. The van der Waals surface area contributed by atoms with Gasteiger partial charge in [-0.1, -0.05) is 79.9 Å². The van der Waals surface area contributed by atoms with Gasteiger partial charge in [0, 0.05) is 18.0 Å². The molecule has 29 heavy (non-hydrogen) atoms. The van der Waals surface area contributed by atoms with Gasteiger partial charge >= 0.3 is 0 Å². The molecule has 4 aliphatic rings. The molecule has 2 heteroatoms. The van der Waals surface area contributed by atoms with Gasteiger partial charge in [0.1, 0.15) is 0 Å². The van der Waals surface area contributed by atoms with E-state index in [4.69, 9.17) is 0 Å². The van der Waals surface area contributed by atoms with Gasteiger partial charge in [-0.15, -0.1) is 0 Å². The highest BCUT2D eigenvalue weighted by Crippen LogP contribution is 2.42. The molecule has 154 valence electrons. The fourth-order valence-corrected chi connectivity index (χ4v) is 6.39. The third kappa shape index (κ3) is 4.15. The van der Waals surface area contributed by atoms with Crippen molar-refractivity contribution < 1.29 is 0 Å². The molecule has 2 aromatic rings. The van der Waals surface area contributed by atoms with E-state index >= 15 is 0 Å². The van der Waals surface area contributed by atoms with Crippen molar-refractivity contribution in [1.82, 2.24) is 10.2 Å². The lowest BCUT2D eigenvalue weighted by Gasteiger charge is -2.54. The molecule has 1 N–H and O–H groups in total. The van der Waals surface area contributed by atoms with Crippen LogP contribution in [0.2, 0.25) is 0 Å². The van der Waals surface area contributed by atoms with Gasteiger partial charge in [0.05, 0.1) is 0 Å². The van der Waals surface area contributed by atoms with Gasteiger partial charge in [-0.2, -0.15) is 0 Å². The minimum absolute atomic E-state index is 0.448. The average molecular weight is 389 g/mol. The highest BCUT2D eigenvalue weighted by molar-refractivity contribution is 5.36. The van der Waals surface area contributed by atoms with Crippen LogP contribution in [0.15, 0.2) is 60.7 Å². The predicted molar refractivity (Wildman–Crippen MR) is 121 cm³/mol. The van der Waals surface area contributed by atoms with Crippen LogP contribution in [0.4, 0.5) is 0 Å². The van der Waals surface area contributed by atoms with Crippen LogP contribution in [0.5, 0.6) is 0 Å². The SMILES string of the molecule is c1ccc(C(c2ccccc2)[C@H]2[C@H](NCC3CCCCC3)C3CCN2CC3)cc1. The van der Waals surface area contributed by atoms with E-state index in [1.54, 1.807) is 0 Å². The maximum absolute atomic E-state index is 4.15. The van der Waals surface area contributed by atoms with E-state index in [2.05, 4.69) is 70.9 Å². The molecule has 6 rings (SSSR count). The summed E-state index contributed by atoms with van der Waals surface area (Å²) >= 11 is 0. The molecule has 0 radical (unpaired) electrons. The van der Waals surface area contributed by atoms with E-state index in [1.165, 1.54) is 75.7 Å². The molecule has 2 atom stereocenters. The lowest BCUT2D eigenvalue weighted by atomic mass is 9.70. The highest BCUT2D eigenvalue weighted by Gasteiger charge is 2.46. The van der Waals surface area contributed by atoms with Crippen LogP contribution >= 0.6 is 0 Å². The second kappa shape index (κ2) is 9.02. The Kier molecular flexibility index (Phi) is 6.01. The van der Waals surface area contributed by atoms with E-state index in [0.717, 1.165) is 11.8 Å². The van der Waals surface area contributed by atoms with Crippen molar-refractivity contribution in [2.24, 2.45) is 11.8 Å². The highest BCUT2D eigenvalue weighted by atomic mass is 15.2. The van der Waals surface area contributed by atoms with Gasteiger partial charge in [-0.25, -0.2) is 0 Å². The van der Waals surface area contributed by atoms with Crippen molar-refractivity contribution >= 4 is 0 Å². The Morgan fingerprint density at radius 2 is 1.34 bits per heavy atom. The number of nitrogens with zero attached hydrogens (tertiary/aromatic N) is 1. The fourth-order valence-electron chi connectivity index (χ4n) is 6.39. The van der Waals surface area contributed by atoms with E-state index in [-0.39, 0.29) is 0 Å². The molecule has 3 saturated heterocycles. The van der Waals surface area contributed by atoms with Gasteiger partial charge in [-0.3, -0.25) is 4.90 Å². The first-order valence-electron chi connectivity index (χ1n) is 12.0. The molecule has 0 unspecified atom stereocenters. The van der Waals surface area contributed by atoms with Gasteiger partial charge in [-0.05, 0) is 68.3 Å². The van der Waals surface area contributed by atoms with Crippen LogP contribution in [-0.4, -0.2) is 36.6 Å². The molecule has 3 heterocycles. The van der Waals surface area contributed by atoms with Crippen LogP contribution < -0.4 is 5.32 Å². The summed E-state index contributed by atoms with van der Waals surface area (Å²) in [4.78, 5) is 2.81. The predicted octanol–water partition coefficient (Wildman–Crippen LogP) is 5.45. The molecule has 0 amide bonds. The van der Waals surface area contributed by atoms with Crippen molar-refractivity contribution in [3.8, 4) is 0 Å². The molecule has 2 aromatic carbocycles. The third-order valence-electron chi connectivity index (χ3n) is 7.90. The first-order chi connectivity index (χ1) is 14.4. The molecule has 2 nitrogen and oxygen atoms in total. The van der Waals surface area contributed by atoms with Crippen molar-refractivity contribution in [2.45, 2.75) is 62.9 Å². The number of rotatable bonds is 6.